The highest BCUT2D eigenvalue weighted by molar-refractivity contribution is 9.10. The van der Waals surface area contributed by atoms with E-state index in [2.05, 4.69) is 21.0 Å². The van der Waals surface area contributed by atoms with Gasteiger partial charge in [-0.25, -0.2) is 4.98 Å². The molecule has 0 saturated carbocycles. The third-order valence-corrected chi connectivity index (χ3v) is 6.11. The summed E-state index contributed by atoms with van der Waals surface area (Å²) in [5, 5.41) is 15.8. The Balaban J connectivity index is 1.59. The van der Waals surface area contributed by atoms with Crippen molar-refractivity contribution in [1.82, 2.24) is 9.66 Å². The highest BCUT2D eigenvalue weighted by Gasteiger charge is 2.15. The lowest BCUT2D eigenvalue weighted by Crippen LogP contribution is -2.23. The summed E-state index contributed by atoms with van der Waals surface area (Å²) in [6.45, 7) is 4.33. The average Bonchev–Trinajstić information content (AvgIpc) is 2.87. The number of fused-ring (bicyclic) bond motifs is 1. The summed E-state index contributed by atoms with van der Waals surface area (Å²) < 4.78 is 8.01. The van der Waals surface area contributed by atoms with Gasteiger partial charge in [-0.15, -0.1) is 0 Å². The van der Waals surface area contributed by atoms with E-state index in [4.69, 9.17) is 9.72 Å². The first kappa shape index (κ1) is 24.3. The van der Waals surface area contributed by atoms with E-state index in [0.29, 0.717) is 22.5 Å². The van der Waals surface area contributed by atoms with E-state index in [1.54, 1.807) is 24.4 Å². The predicted molar refractivity (Wildman–Crippen MR) is 139 cm³/mol. The van der Waals surface area contributed by atoms with Crippen LogP contribution in [0.15, 0.2) is 81.1 Å². The van der Waals surface area contributed by atoms with Gasteiger partial charge in [0, 0.05) is 22.5 Å². The molecule has 0 N–H and O–H groups in total. The summed E-state index contributed by atoms with van der Waals surface area (Å²) in [4.78, 5) is 28.3. The van der Waals surface area contributed by atoms with Gasteiger partial charge < -0.3 is 4.74 Å². The molecule has 0 saturated heterocycles. The minimum absolute atomic E-state index is 0.0366. The number of hydrogen-bond acceptors (Lipinski definition) is 6. The van der Waals surface area contributed by atoms with E-state index < -0.39 is 4.92 Å². The van der Waals surface area contributed by atoms with Gasteiger partial charge in [-0.1, -0.05) is 41.9 Å². The number of nitro groups is 1. The first-order valence-electron chi connectivity index (χ1n) is 11.1. The zero-order valence-corrected chi connectivity index (χ0v) is 20.8. The number of non-ortho nitro benzene ring substituents is 1. The van der Waals surface area contributed by atoms with Gasteiger partial charge in [0.1, 0.15) is 18.2 Å². The van der Waals surface area contributed by atoms with Crippen LogP contribution < -0.4 is 10.3 Å². The summed E-state index contributed by atoms with van der Waals surface area (Å²) in [7, 11) is 0. The molecule has 0 amide bonds. The lowest BCUT2D eigenvalue weighted by molar-refractivity contribution is -0.384. The van der Waals surface area contributed by atoms with Gasteiger partial charge in [0.25, 0.3) is 11.2 Å². The fourth-order valence-corrected chi connectivity index (χ4v) is 3.83. The molecule has 0 aliphatic carbocycles. The van der Waals surface area contributed by atoms with Crippen molar-refractivity contribution in [3.8, 4) is 5.75 Å². The quantitative estimate of drug-likeness (QED) is 0.156. The Hall–Kier alpha value is -3.85. The van der Waals surface area contributed by atoms with Gasteiger partial charge in [0.05, 0.1) is 22.0 Å². The van der Waals surface area contributed by atoms with Crippen LogP contribution in [0.4, 0.5) is 5.69 Å². The number of nitrogens with zero attached hydrogens (tertiary/aromatic N) is 4. The van der Waals surface area contributed by atoms with Crippen LogP contribution in [0.1, 0.15) is 43.1 Å². The van der Waals surface area contributed by atoms with Crippen LogP contribution in [-0.4, -0.2) is 20.8 Å². The molecule has 0 unspecified atom stereocenters. The van der Waals surface area contributed by atoms with Crippen LogP contribution in [0.5, 0.6) is 5.75 Å². The number of benzene rings is 3. The predicted octanol–water partition coefficient (Wildman–Crippen LogP) is 6.04. The molecule has 9 heteroatoms. The van der Waals surface area contributed by atoms with E-state index in [1.165, 1.54) is 16.8 Å². The Morgan fingerprint density at radius 3 is 2.66 bits per heavy atom. The summed E-state index contributed by atoms with van der Waals surface area (Å²) in [6.07, 6.45) is 2.42. The smallest absolute Gasteiger partial charge is 0.282 e. The molecule has 0 radical (unpaired) electrons. The number of hydrogen-bond donors (Lipinski definition) is 0. The fraction of sp³-hybridized carbons (Fsp3) is 0.192. The molecule has 3 aromatic carbocycles. The Morgan fingerprint density at radius 2 is 1.94 bits per heavy atom. The molecule has 1 atom stereocenters. The Labute approximate surface area is 210 Å². The maximum atomic E-state index is 13.3. The molecule has 0 fully saturated rings. The van der Waals surface area contributed by atoms with E-state index in [-0.39, 0.29) is 23.8 Å². The SMILES string of the molecule is CC[C@H](C)c1nc2ccc(Br)cc2c(=O)n1N=Cc1cccc(OCc2ccc([N+](=O)[O-])cc2)c1. The maximum Gasteiger partial charge on any atom is 0.282 e. The molecular weight excluding hydrogens is 512 g/mol. The number of nitro benzene ring substituents is 1. The number of rotatable bonds is 8. The molecule has 0 aliphatic heterocycles. The Bertz CT molecular complexity index is 1460. The van der Waals surface area contributed by atoms with Crippen molar-refractivity contribution in [2.45, 2.75) is 32.8 Å². The molecule has 0 bridgehead atoms. The first-order chi connectivity index (χ1) is 16.9. The monoisotopic (exact) mass is 534 g/mol. The van der Waals surface area contributed by atoms with Gasteiger partial charge >= 0.3 is 0 Å². The Kier molecular flexibility index (Phi) is 7.36. The van der Waals surface area contributed by atoms with Gasteiger partial charge in [-0.05, 0) is 60.0 Å². The second kappa shape index (κ2) is 10.6. The third-order valence-electron chi connectivity index (χ3n) is 5.62. The maximum absolute atomic E-state index is 13.3. The lowest BCUT2D eigenvalue weighted by Gasteiger charge is -2.14. The van der Waals surface area contributed by atoms with E-state index >= 15 is 0 Å². The van der Waals surface area contributed by atoms with Gasteiger partial charge in [-0.2, -0.15) is 9.78 Å². The molecule has 0 spiro atoms. The van der Waals surface area contributed by atoms with E-state index in [0.717, 1.165) is 22.0 Å². The molecule has 8 nitrogen and oxygen atoms in total. The first-order valence-corrected chi connectivity index (χ1v) is 11.9. The van der Waals surface area contributed by atoms with Crippen molar-refractivity contribution in [1.29, 1.82) is 0 Å². The zero-order valence-electron chi connectivity index (χ0n) is 19.2. The Morgan fingerprint density at radius 1 is 1.17 bits per heavy atom. The van der Waals surface area contributed by atoms with Crippen LogP contribution in [0.3, 0.4) is 0 Å². The van der Waals surface area contributed by atoms with Gasteiger partial charge in [0.2, 0.25) is 0 Å². The standard InChI is InChI=1S/C26H23BrN4O4/c1-3-17(2)25-29-24-12-9-20(27)14-23(24)26(32)30(25)28-15-19-5-4-6-22(13-19)35-16-18-7-10-21(11-8-18)31(33)34/h4-15,17H,3,16H2,1-2H3/t17-/m0/s1. The third kappa shape index (κ3) is 5.63. The van der Waals surface area contributed by atoms with Gasteiger partial charge in [-0.3, -0.25) is 14.9 Å². The molecule has 35 heavy (non-hydrogen) atoms. The summed E-state index contributed by atoms with van der Waals surface area (Å²) >= 11 is 3.42. The molecule has 0 aliphatic rings. The average molecular weight is 535 g/mol. The van der Waals surface area contributed by atoms with Gasteiger partial charge in [0.15, 0.2) is 0 Å². The van der Waals surface area contributed by atoms with Crippen molar-refractivity contribution >= 4 is 38.7 Å². The van der Waals surface area contributed by atoms with E-state index in [1.807, 2.05) is 50.2 Å². The minimum Gasteiger partial charge on any atom is -0.489 e. The molecular formula is C26H23BrN4O4. The number of aromatic nitrogens is 2. The fourth-order valence-electron chi connectivity index (χ4n) is 3.47. The van der Waals surface area contributed by atoms with Crippen LogP contribution in [0.2, 0.25) is 0 Å². The van der Waals surface area contributed by atoms with Crippen molar-refractivity contribution in [2.24, 2.45) is 5.10 Å². The van der Waals surface area contributed by atoms with Crippen molar-refractivity contribution in [2.75, 3.05) is 0 Å². The van der Waals surface area contributed by atoms with Crippen LogP contribution >= 0.6 is 15.9 Å². The van der Waals surface area contributed by atoms with Crippen LogP contribution in [0.25, 0.3) is 10.9 Å². The van der Waals surface area contributed by atoms with Crippen molar-refractivity contribution < 1.29 is 9.66 Å². The topological polar surface area (TPSA) is 99.6 Å². The second-order valence-corrected chi connectivity index (χ2v) is 9.00. The second-order valence-electron chi connectivity index (χ2n) is 8.09. The van der Waals surface area contributed by atoms with Crippen molar-refractivity contribution in [3.63, 3.8) is 0 Å². The van der Waals surface area contributed by atoms with Crippen molar-refractivity contribution in [3.05, 3.63) is 109 Å². The molecule has 1 aromatic heterocycles. The molecule has 1 heterocycles. The number of halogens is 1. The van der Waals surface area contributed by atoms with E-state index in [9.17, 15) is 14.9 Å². The highest BCUT2D eigenvalue weighted by Crippen LogP contribution is 2.21. The summed E-state index contributed by atoms with van der Waals surface area (Å²) in [5.74, 6) is 1.26. The molecule has 178 valence electrons. The lowest BCUT2D eigenvalue weighted by atomic mass is 10.1. The highest BCUT2D eigenvalue weighted by atomic mass is 79.9. The largest absolute Gasteiger partial charge is 0.489 e. The number of ether oxygens (including phenoxy) is 1. The normalized spacial score (nSPS) is 12.2. The minimum atomic E-state index is -0.435. The van der Waals surface area contributed by atoms with Crippen LogP contribution in [-0.2, 0) is 6.61 Å². The summed E-state index contributed by atoms with van der Waals surface area (Å²) in [5.41, 5.74) is 2.01. The zero-order chi connectivity index (χ0) is 24.9. The molecule has 4 rings (SSSR count). The van der Waals surface area contributed by atoms with Crippen LogP contribution in [0, 0.1) is 10.1 Å². The molecule has 4 aromatic rings. The summed E-state index contributed by atoms with van der Waals surface area (Å²) in [6, 6.07) is 19.0.